The smallest absolute Gasteiger partial charge is 0.315 e. The Morgan fingerprint density at radius 3 is 2.48 bits per heavy atom. The minimum absolute atomic E-state index is 0.0205. The summed E-state index contributed by atoms with van der Waals surface area (Å²) in [6.07, 6.45) is 2.98. The van der Waals surface area contributed by atoms with Crippen LogP contribution >= 0.6 is 0 Å². The van der Waals surface area contributed by atoms with E-state index in [1.165, 1.54) is 0 Å². The van der Waals surface area contributed by atoms with E-state index in [9.17, 15) is 4.79 Å². The molecule has 21 heavy (non-hydrogen) atoms. The molecule has 3 N–H and O–H groups in total. The van der Waals surface area contributed by atoms with E-state index in [1.54, 1.807) is 7.11 Å². The number of ether oxygens (including phenoxy) is 1. The summed E-state index contributed by atoms with van der Waals surface area (Å²) in [4.78, 5) is 12.1. The molecule has 0 saturated heterocycles. The Morgan fingerprint density at radius 1 is 1.33 bits per heavy atom. The predicted octanol–water partition coefficient (Wildman–Crippen LogP) is 2.22. The van der Waals surface area contributed by atoms with Gasteiger partial charge in [-0.1, -0.05) is 19.1 Å². The molecular weight excluding hydrogens is 268 g/mol. The van der Waals surface area contributed by atoms with Crippen molar-refractivity contribution in [1.82, 2.24) is 10.6 Å². The number of hydrogen-bond acceptors (Lipinski definition) is 3. The molecule has 2 unspecified atom stereocenters. The fourth-order valence-corrected chi connectivity index (χ4v) is 2.36. The van der Waals surface area contributed by atoms with Crippen LogP contribution in [0.2, 0.25) is 0 Å². The Morgan fingerprint density at radius 2 is 2.00 bits per heavy atom. The van der Waals surface area contributed by atoms with Gasteiger partial charge in [-0.25, -0.2) is 4.79 Å². The minimum atomic E-state index is -0.219. The molecule has 116 valence electrons. The van der Waals surface area contributed by atoms with Crippen molar-refractivity contribution in [3.8, 4) is 5.75 Å². The molecule has 1 aromatic carbocycles. The molecule has 1 aliphatic rings. The third-order valence-corrected chi connectivity index (χ3v) is 3.90. The number of carbonyl (C=O) groups is 1. The molecule has 0 spiro atoms. The number of aliphatic hydroxyl groups excluding tert-OH is 1. The van der Waals surface area contributed by atoms with Crippen molar-refractivity contribution in [1.29, 1.82) is 0 Å². The van der Waals surface area contributed by atoms with Crippen LogP contribution in [0.4, 0.5) is 4.79 Å². The fourth-order valence-electron chi connectivity index (χ4n) is 2.36. The van der Waals surface area contributed by atoms with Crippen LogP contribution in [0.5, 0.6) is 5.75 Å². The molecule has 0 radical (unpaired) electrons. The van der Waals surface area contributed by atoms with Crippen molar-refractivity contribution in [2.45, 2.75) is 38.3 Å². The van der Waals surface area contributed by atoms with Crippen molar-refractivity contribution in [2.75, 3.05) is 13.7 Å². The Kier molecular flexibility index (Phi) is 5.44. The lowest BCUT2D eigenvalue weighted by molar-refractivity contribution is 0.211. The number of amides is 2. The molecule has 5 nitrogen and oxygen atoms in total. The van der Waals surface area contributed by atoms with Crippen molar-refractivity contribution in [3.63, 3.8) is 0 Å². The monoisotopic (exact) mass is 292 g/mol. The number of carbonyl (C=O) groups excluding carboxylic acids is 1. The van der Waals surface area contributed by atoms with Gasteiger partial charge in [0.1, 0.15) is 5.75 Å². The Hall–Kier alpha value is -1.75. The van der Waals surface area contributed by atoms with E-state index in [4.69, 9.17) is 9.84 Å². The number of aliphatic hydroxyl groups is 1. The summed E-state index contributed by atoms with van der Waals surface area (Å²) < 4.78 is 5.16. The quantitative estimate of drug-likeness (QED) is 0.721. The van der Waals surface area contributed by atoms with Crippen LogP contribution in [0, 0.1) is 5.92 Å². The maximum Gasteiger partial charge on any atom is 0.315 e. The summed E-state index contributed by atoms with van der Waals surface area (Å²) >= 11 is 0. The largest absolute Gasteiger partial charge is 0.497 e. The SMILES string of the molecule is CCC(CO)NC(=O)NC(c1ccc(OC)cc1)C1CC1. The molecule has 1 fully saturated rings. The number of hydrogen-bond donors (Lipinski definition) is 3. The lowest BCUT2D eigenvalue weighted by atomic mass is 10.0. The topological polar surface area (TPSA) is 70.6 Å². The average molecular weight is 292 g/mol. The van der Waals surface area contributed by atoms with Crippen LogP contribution in [-0.4, -0.2) is 30.9 Å². The number of methoxy groups -OCH3 is 1. The molecule has 0 aromatic heterocycles. The van der Waals surface area contributed by atoms with Crippen molar-refractivity contribution >= 4 is 6.03 Å². The van der Waals surface area contributed by atoms with Crippen molar-refractivity contribution < 1.29 is 14.6 Å². The summed E-state index contributed by atoms with van der Waals surface area (Å²) in [6, 6.07) is 7.41. The van der Waals surface area contributed by atoms with E-state index < -0.39 is 0 Å². The average Bonchev–Trinajstić information content (AvgIpc) is 3.35. The van der Waals surface area contributed by atoms with E-state index >= 15 is 0 Å². The summed E-state index contributed by atoms with van der Waals surface area (Å²) in [7, 11) is 1.64. The first kappa shape index (κ1) is 15.6. The molecule has 5 heteroatoms. The van der Waals surface area contributed by atoms with Gasteiger partial charge in [0, 0.05) is 0 Å². The first-order valence-electron chi connectivity index (χ1n) is 7.49. The molecule has 1 saturated carbocycles. The van der Waals surface area contributed by atoms with Crippen LogP contribution in [0.3, 0.4) is 0 Å². The van der Waals surface area contributed by atoms with Gasteiger partial charge >= 0.3 is 6.03 Å². The highest BCUT2D eigenvalue weighted by molar-refractivity contribution is 5.75. The maximum absolute atomic E-state index is 12.1. The zero-order valence-electron chi connectivity index (χ0n) is 12.6. The van der Waals surface area contributed by atoms with Gasteiger partial charge < -0.3 is 20.5 Å². The number of urea groups is 1. The van der Waals surface area contributed by atoms with Gasteiger partial charge in [-0.05, 0) is 42.9 Å². The van der Waals surface area contributed by atoms with E-state index in [0.29, 0.717) is 12.3 Å². The van der Waals surface area contributed by atoms with Gasteiger partial charge in [-0.3, -0.25) is 0 Å². The second-order valence-electron chi connectivity index (χ2n) is 5.49. The summed E-state index contributed by atoms with van der Waals surface area (Å²) in [6.45, 7) is 1.89. The van der Waals surface area contributed by atoms with Crippen molar-refractivity contribution in [2.24, 2.45) is 5.92 Å². The Balaban J connectivity index is 2.00. The van der Waals surface area contributed by atoms with Gasteiger partial charge in [0.25, 0.3) is 0 Å². The summed E-state index contributed by atoms with van der Waals surface area (Å²) in [5.74, 6) is 1.31. The molecule has 2 atom stereocenters. The van der Waals surface area contributed by atoms with Gasteiger partial charge in [0.2, 0.25) is 0 Å². The van der Waals surface area contributed by atoms with Crippen LogP contribution in [0.15, 0.2) is 24.3 Å². The molecular formula is C16H24N2O3. The van der Waals surface area contributed by atoms with Crippen molar-refractivity contribution in [3.05, 3.63) is 29.8 Å². The first-order valence-corrected chi connectivity index (χ1v) is 7.49. The Bertz CT molecular complexity index is 453. The van der Waals surface area contributed by atoms with Gasteiger partial charge in [-0.15, -0.1) is 0 Å². The zero-order valence-corrected chi connectivity index (χ0v) is 12.6. The van der Waals surface area contributed by atoms with Gasteiger partial charge in [-0.2, -0.15) is 0 Å². The molecule has 2 rings (SSSR count). The number of benzene rings is 1. The molecule has 2 amide bonds. The maximum atomic E-state index is 12.1. The normalized spacial score (nSPS) is 16.9. The highest BCUT2D eigenvalue weighted by atomic mass is 16.5. The number of rotatable bonds is 7. The standard InChI is InChI=1S/C16H24N2O3/c1-3-13(10-19)17-16(20)18-15(11-4-5-11)12-6-8-14(21-2)9-7-12/h6-9,11,13,15,19H,3-5,10H2,1-2H3,(H2,17,18,20). The summed E-state index contributed by atoms with van der Waals surface area (Å²) in [5, 5.41) is 15.0. The highest BCUT2D eigenvalue weighted by Crippen LogP contribution is 2.41. The fraction of sp³-hybridized carbons (Fsp3) is 0.562. The third kappa shape index (κ3) is 4.36. The predicted molar refractivity (Wildman–Crippen MR) is 81.3 cm³/mol. The lowest BCUT2D eigenvalue weighted by Crippen LogP contribution is -2.45. The molecule has 0 aliphatic heterocycles. The highest BCUT2D eigenvalue weighted by Gasteiger charge is 2.33. The Labute approximate surface area is 125 Å². The zero-order chi connectivity index (χ0) is 15.2. The van der Waals surface area contributed by atoms with E-state index in [2.05, 4.69) is 10.6 Å². The van der Waals surface area contributed by atoms with Gasteiger partial charge in [0.05, 0.1) is 25.8 Å². The third-order valence-electron chi connectivity index (χ3n) is 3.90. The van der Waals surface area contributed by atoms with E-state index in [-0.39, 0.29) is 24.7 Å². The first-order chi connectivity index (χ1) is 10.2. The molecule has 0 heterocycles. The second-order valence-corrected chi connectivity index (χ2v) is 5.49. The van der Waals surface area contributed by atoms with Crippen LogP contribution < -0.4 is 15.4 Å². The molecule has 0 bridgehead atoms. The second kappa shape index (κ2) is 7.31. The molecule has 1 aliphatic carbocycles. The van der Waals surface area contributed by atoms with Crippen LogP contribution in [-0.2, 0) is 0 Å². The van der Waals surface area contributed by atoms with Crippen LogP contribution in [0.25, 0.3) is 0 Å². The van der Waals surface area contributed by atoms with Gasteiger partial charge in [0.15, 0.2) is 0 Å². The van der Waals surface area contributed by atoms with Crippen LogP contribution in [0.1, 0.15) is 37.8 Å². The number of nitrogens with one attached hydrogen (secondary N) is 2. The lowest BCUT2D eigenvalue weighted by Gasteiger charge is -2.21. The van der Waals surface area contributed by atoms with E-state index in [1.807, 2.05) is 31.2 Å². The molecule has 1 aromatic rings. The summed E-state index contributed by atoms with van der Waals surface area (Å²) in [5.41, 5.74) is 1.09. The van der Waals surface area contributed by atoms with E-state index in [0.717, 1.165) is 24.2 Å². The minimum Gasteiger partial charge on any atom is -0.497 e.